The number of thiophene rings is 1. The molecule has 1 amide bonds. The number of nitrogens with zero attached hydrogens (tertiary/aromatic N) is 2. The summed E-state index contributed by atoms with van der Waals surface area (Å²) in [6.07, 6.45) is 0.363. The number of methoxy groups -OCH3 is 1. The molecule has 0 fully saturated rings. The number of hydrogen-bond acceptors (Lipinski definition) is 4. The highest BCUT2D eigenvalue weighted by atomic mass is 32.1. The van der Waals surface area contributed by atoms with E-state index in [1.807, 2.05) is 13.0 Å². The molecule has 0 aliphatic heterocycles. The van der Waals surface area contributed by atoms with Crippen LogP contribution < -0.4 is 4.74 Å². The highest BCUT2D eigenvalue weighted by Gasteiger charge is 2.15. The van der Waals surface area contributed by atoms with Crippen molar-refractivity contribution in [3.8, 4) is 11.8 Å². The van der Waals surface area contributed by atoms with Gasteiger partial charge in [-0.25, -0.2) is 0 Å². The monoisotopic (exact) mass is 238 g/mol. The van der Waals surface area contributed by atoms with Crippen molar-refractivity contribution in [2.24, 2.45) is 0 Å². The summed E-state index contributed by atoms with van der Waals surface area (Å²) in [5, 5.41) is 10.3. The fourth-order valence-electron chi connectivity index (χ4n) is 1.28. The summed E-state index contributed by atoms with van der Waals surface area (Å²) in [6.45, 7) is 2.99. The molecule has 1 heterocycles. The standard InChI is InChI=1S/C11H14N2O2S/c1-3-13(6-4-5-12)11(14)10-7-9(15-2)8-16-10/h7-8H,3-4,6H2,1-2H3. The van der Waals surface area contributed by atoms with Crippen molar-refractivity contribution >= 4 is 17.2 Å². The van der Waals surface area contributed by atoms with E-state index in [2.05, 4.69) is 0 Å². The zero-order valence-corrected chi connectivity index (χ0v) is 10.2. The van der Waals surface area contributed by atoms with E-state index in [1.54, 1.807) is 23.5 Å². The fourth-order valence-corrected chi connectivity index (χ4v) is 2.10. The van der Waals surface area contributed by atoms with Gasteiger partial charge in [0.25, 0.3) is 5.91 Å². The molecule has 0 radical (unpaired) electrons. The van der Waals surface area contributed by atoms with Gasteiger partial charge in [0.15, 0.2) is 0 Å². The third-order valence-electron chi connectivity index (χ3n) is 2.18. The zero-order chi connectivity index (χ0) is 12.0. The molecule has 4 nitrogen and oxygen atoms in total. The predicted molar refractivity (Wildman–Crippen MR) is 62.7 cm³/mol. The Hall–Kier alpha value is -1.54. The number of hydrogen-bond donors (Lipinski definition) is 0. The van der Waals surface area contributed by atoms with Crippen LogP contribution in [0, 0.1) is 11.3 Å². The molecule has 1 aromatic heterocycles. The summed E-state index contributed by atoms with van der Waals surface area (Å²) in [6, 6.07) is 3.76. The van der Waals surface area contributed by atoms with Gasteiger partial charge in [0.05, 0.1) is 24.5 Å². The maximum Gasteiger partial charge on any atom is 0.264 e. The first-order chi connectivity index (χ1) is 7.72. The minimum absolute atomic E-state index is 0.0361. The number of rotatable bonds is 5. The number of amides is 1. The van der Waals surface area contributed by atoms with Crippen LogP contribution in [0.2, 0.25) is 0 Å². The van der Waals surface area contributed by atoms with Gasteiger partial charge in [-0.2, -0.15) is 5.26 Å². The Morgan fingerprint density at radius 3 is 2.94 bits per heavy atom. The van der Waals surface area contributed by atoms with E-state index in [9.17, 15) is 4.79 Å². The van der Waals surface area contributed by atoms with E-state index in [0.717, 1.165) is 0 Å². The molecule has 0 saturated heterocycles. The highest BCUT2D eigenvalue weighted by molar-refractivity contribution is 7.12. The van der Waals surface area contributed by atoms with E-state index in [0.29, 0.717) is 30.1 Å². The Balaban J connectivity index is 2.71. The smallest absolute Gasteiger partial charge is 0.264 e. The SMILES string of the molecule is CCN(CCC#N)C(=O)c1cc(OC)cs1. The predicted octanol–water partition coefficient (Wildman–Crippen LogP) is 2.13. The lowest BCUT2D eigenvalue weighted by Crippen LogP contribution is -2.31. The van der Waals surface area contributed by atoms with E-state index in [-0.39, 0.29) is 5.91 Å². The van der Waals surface area contributed by atoms with Gasteiger partial charge >= 0.3 is 0 Å². The van der Waals surface area contributed by atoms with Gasteiger partial charge in [0, 0.05) is 24.5 Å². The summed E-state index contributed by atoms with van der Waals surface area (Å²) in [5.41, 5.74) is 0. The van der Waals surface area contributed by atoms with Crippen LogP contribution in [0.1, 0.15) is 23.0 Å². The Labute approximate surface area is 99.1 Å². The molecule has 5 heteroatoms. The Kier molecular flexibility index (Phi) is 4.80. The van der Waals surface area contributed by atoms with Crippen molar-refractivity contribution in [2.45, 2.75) is 13.3 Å². The molecular formula is C11H14N2O2S. The second kappa shape index (κ2) is 6.13. The maximum absolute atomic E-state index is 12.0. The fraction of sp³-hybridized carbons (Fsp3) is 0.455. The van der Waals surface area contributed by atoms with Crippen LogP contribution in [0.4, 0.5) is 0 Å². The minimum atomic E-state index is -0.0361. The summed E-state index contributed by atoms with van der Waals surface area (Å²) in [7, 11) is 1.57. The molecule has 0 aliphatic rings. The van der Waals surface area contributed by atoms with Crippen LogP contribution in [0.5, 0.6) is 5.75 Å². The van der Waals surface area contributed by atoms with Crippen molar-refractivity contribution in [3.05, 3.63) is 16.3 Å². The summed E-state index contributed by atoms with van der Waals surface area (Å²) >= 11 is 1.36. The normalized spacial score (nSPS) is 9.56. The Morgan fingerprint density at radius 1 is 1.69 bits per heavy atom. The third kappa shape index (κ3) is 2.97. The minimum Gasteiger partial charge on any atom is -0.496 e. The van der Waals surface area contributed by atoms with Gasteiger partial charge < -0.3 is 9.64 Å². The van der Waals surface area contributed by atoms with Crippen molar-refractivity contribution in [1.82, 2.24) is 4.90 Å². The lowest BCUT2D eigenvalue weighted by Gasteiger charge is -2.18. The van der Waals surface area contributed by atoms with Gasteiger partial charge in [-0.3, -0.25) is 4.79 Å². The molecule has 0 N–H and O–H groups in total. The molecule has 0 unspecified atom stereocenters. The van der Waals surface area contributed by atoms with Crippen LogP contribution in [0.25, 0.3) is 0 Å². The first-order valence-corrected chi connectivity index (χ1v) is 5.89. The topological polar surface area (TPSA) is 53.3 Å². The van der Waals surface area contributed by atoms with E-state index in [1.165, 1.54) is 11.3 Å². The molecule has 0 spiro atoms. The summed E-state index contributed by atoms with van der Waals surface area (Å²) in [5.74, 6) is 0.663. The molecule has 1 aromatic rings. The second-order valence-electron chi connectivity index (χ2n) is 3.14. The summed E-state index contributed by atoms with van der Waals surface area (Å²) in [4.78, 5) is 14.3. The molecule has 0 aliphatic carbocycles. The number of carbonyl (C=O) groups is 1. The first-order valence-electron chi connectivity index (χ1n) is 5.01. The van der Waals surface area contributed by atoms with Gasteiger partial charge in [-0.15, -0.1) is 11.3 Å². The van der Waals surface area contributed by atoms with Gasteiger partial charge in [0.2, 0.25) is 0 Å². The number of ether oxygens (including phenoxy) is 1. The van der Waals surface area contributed by atoms with Crippen LogP contribution >= 0.6 is 11.3 Å². The molecule has 0 bridgehead atoms. The van der Waals surface area contributed by atoms with Crippen LogP contribution in [0.3, 0.4) is 0 Å². The van der Waals surface area contributed by atoms with Gasteiger partial charge in [0.1, 0.15) is 5.75 Å². The van der Waals surface area contributed by atoms with Crippen molar-refractivity contribution in [2.75, 3.05) is 20.2 Å². The van der Waals surface area contributed by atoms with Crippen LogP contribution in [-0.4, -0.2) is 31.0 Å². The summed E-state index contributed by atoms with van der Waals surface area (Å²) < 4.78 is 5.03. The maximum atomic E-state index is 12.0. The Bertz CT molecular complexity index is 395. The second-order valence-corrected chi connectivity index (χ2v) is 4.05. The largest absolute Gasteiger partial charge is 0.496 e. The van der Waals surface area contributed by atoms with Gasteiger partial charge in [-0.1, -0.05) is 0 Å². The van der Waals surface area contributed by atoms with E-state index >= 15 is 0 Å². The van der Waals surface area contributed by atoms with Gasteiger partial charge in [-0.05, 0) is 6.92 Å². The highest BCUT2D eigenvalue weighted by Crippen LogP contribution is 2.22. The van der Waals surface area contributed by atoms with Crippen LogP contribution in [-0.2, 0) is 0 Å². The average molecular weight is 238 g/mol. The van der Waals surface area contributed by atoms with Crippen molar-refractivity contribution < 1.29 is 9.53 Å². The van der Waals surface area contributed by atoms with Crippen LogP contribution in [0.15, 0.2) is 11.4 Å². The first kappa shape index (κ1) is 12.5. The molecule has 1 rings (SSSR count). The van der Waals surface area contributed by atoms with Crippen molar-refractivity contribution in [1.29, 1.82) is 5.26 Å². The lowest BCUT2D eigenvalue weighted by molar-refractivity contribution is 0.0772. The quantitative estimate of drug-likeness (QED) is 0.789. The molecule has 0 saturated carbocycles. The van der Waals surface area contributed by atoms with E-state index < -0.39 is 0 Å². The third-order valence-corrected chi connectivity index (χ3v) is 3.08. The Morgan fingerprint density at radius 2 is 2.44 bits per heavy atom. The average Bonchev–Trinajstić information content (AvgIpc) is 2.78. The van der Waals surface area contributed by atoms with E-state index in [4.69, 9.17) is 10.00 Å². The molecule has 0 aromatic carbocycles. The van der Waals surface area contributed by atoms with Crippen molar-refractivity contribution in [3.63, 3.8) is 0 Å². The molecular weight excluding hydrogens is 224 g/mol. The molecule has 86 valence electrons. The molecule has 0 atom stereocenters. The number of nitriles is 1. The number of carbonyl (C=O) groups excluding carboxylic acids is 1. The molecule has 16 heavy (non-hydrogen) atoms. The lowest BCUT2D eigenvalue weighted by atomic mass is 10.3. The zero-order valence-electron chi connectivity index (χ0n) is 9.40.